The van der Waals surface area contributed by atoms with E-state index in [0.717, 1.165) is 22.3 Å². The number of amides is 2. The maximum atomic E-state index is 12.5. The molecule has 3 aromatic carbocycles. The quantitative estimate of drug-likeness (QED) is 0.689. The van der Waals surface area contributed by atoms with Crippen molar-refractivity contribution < 1.29 is 9.59 Å². The molecule has 142 valence electrons. The second-order valence-electron chi connectivity index (χ2n) is 6.80. The van der Waals surface area contributed by atoms with Crippen molar-refractivity contribution in [3.05, 3.63) is 107 Å². The van der Waals surface area contributed by atoms with Gasteiger partial charge in [-0.05, 0) is 48.2 Å². The molecule has 4 nitrogen and oxygen atoms in total. The standard InChI is InChI=1S/C24H24N2O2/c1-17-13-14-21(15-18(17)2)24(28)25-16-22(27)26-23(19-9-5-3-6-10-19)20-11-7-4-8-12-20/h3-15,23H,16H2,1-2H3,(H,25,28)(H,26,27). The zero-order valence-electron chi connectivity index (χ0n) is 16.1. The van der Waals surface area contributed by atoms with E-state index in [1.54, 1.807) is 6.07 Å². The smallest absolute Gasteiger partial charge is 0.251 e. The molecule has 28 heavy (non-hydrogen) atoms. The Morgan fingerprint density at radius 2 is 1.36 bits per heavy atom. The summed E-state index contributed by atoms with van der Waals surface area (Å²) in [4.78, 5) is 24.9. The summed E-state index contributed by atoms with van der Waals surface area (Å²) in [6.07, 6.45) is 0. The minimum Gasteiger partial charge on any atom is -0.344 e. The van der Waals surface area contributed by atoms with Gasteiger partial charge in [-0.1, -0.05) is 66.7 Å². The molecule has 0 bridgehead atoms. The van der Waals surface area contributed by atoms with Gasteiger partial charge in [0.2, 0.25) is 5.91 Å². The molecular formula is C24H24N2O2. The third-order valence-corrected chi connectivity index (χ3v) is 4.75. The molecule has 0 radical (unpaired) electrons. The lowest BCUT2D eigenvalue weighted by atomic mass is 9.99. The predicted octanol–water partition coefficient (Wildman–Crippen LogP) is 3.94. The van der Waals surface area contributed by atoms with Crippen LogP contribution in [0.15, 0.2) is 78.9 Å². The number of aryl methyl sites for hydroxylation is 2. The molecule has 3 aromatic rings. The topological polar surface area (TPSA) is 58.2 Å². The SMILES string of the molecule is Cc1ccc(C(=O)NCC(=O)NC(c2ccccc2)c2ccccc2)cc1C. The van der Waals surface area contributed by atoms with Gasteiger partial charge in [0, 0.05) is 5.56 Å². The lowest BCUT2D eigenvalue weighted by molar-refractivity contribution is -0.120. The maximum Gasteiger partial charge on any atom is 0.251 e. The zero-order chi connectivity index (χ0) is 19.9. The van der Waals surface area contributed by atoms with Crippen LogP contribution < -0.4 is 10.6 Å². The van der Waals surface area contributed by atoms with Crippen molar-refractivity contribution >= 4 is 11.8 Å². The number of hydrogen-bond donors (Lipinski definition) is 2. The fraction of sp³-hybridized carbons (Fsp3) is 0.167. The summed E-state index contributed by atoms with van der Waals surface area (Å²) in [5, 5.41) is 5.73. The molecule has 0 saturated heterocycles. The first-order valence-electron chi connectivity index (χ1n) is 9.29. The van der Waals surface area contributed by atoms with Gasteiger partial charge in [-0.15, -0.1) is 0 Å². The summed E-state index contributed by atoms with van der Waals surface area (Å²) in [7, 11) is 0. The average molecular weight is 372 g/mol. The van der Waals surface area contributed by atoms with Crippen LogP contribution in [-0.2, 0) is 4.79 Å². The number of nitrogens with one attached hydrogen (secondary N) is 2. The van der Waals surface area contributed by atoms with E-state index in [1.165, 1.54) is 0 Å². The van der Waals surface area contributed by atoms with Crippen LogP contribution >= 0.6 is 0 Å². The highest BCUT2D eigenvalue weighted by molar-refractivity contribution is 5.96. The second kappa shape index (κ2) is 9.00. The van der Waals surface area contributed by atoms with Crippen molar-refractivity contribution in [1.82, 2.24) is 10.6 Å². The third kappa shape index (κ3) is 4.86. The lowest BCUT2D eigenvalue weighted by Crippen LogP contribution is -2.39. The first kappa shape index (κ1) is 19.4. The Balaban J connectivity index is 1.67. The molecule has 0 unspecified atom stereocenters. The van der Waals surface area contributed by atoms with Crippen LogP contribution in [0.3, 0.4) is 0 Å². The van der Waals surface area contributed by atoms with Gasteiger partial charge >= 0.3 is 0 Å². The van der Waals surface area contributed by atoms with E-state index >= 15 is 0 Å². The number of hydrogen-bond acceptors (Lipinski definition) is 2. The average Bonchev–Trinajstić information content (AvgIpc) is 2.73. The van der Waals surface area contributed by atoms with Crippen molar-refractivity contribution in [3.8, 4) is 0 Å². The van der Waals surface area contributed by atoms with E-state index in [2.05, 4.69) is 10.6 Å². The van der Waals surface area contributed by atoms with E-state index in [9.17, 15) is 9.59 Å². The Kier molecular flexibility index (Phi) is 6.22. The second-order valence-corrected chi connectivity index (χ2v) is 6.80. The molecule has 0 atom stereocenters. The molecule has 0 aliphatic carbocycles. The molecule has 4 heteroatoms. The van der Waals surface area contributed by atoms with Gasteiger partial charge in [0.25, 0.3) is 5.91 Å². The van der Waals surface area contributed by atoms with E-state index in [0.29, 0.717) is 5.56 Å². The van der Waals surface area contributed by atoms with E-state index in [-0.39, 0.29) is 24.4 Å². The molecule has 0 aliphatic heterocycles. The van der Waals surface area contributed by atoms with Gasteiger partial charge in [-0.3, -0.25) is 9.59 Å². The van der Waals surface area contributed by atoms with Crippen molar-refractivity contribution in [2.45, 2.75) is 19.9 Å². The summed E-state index contributed by atoms with van der Waals surface area (Å²) in [6, 6.07) is 24.8. The molecule has 0 heterocycles. The van der Waals surface area contributed by atoms with E-state index < -0.39 is 0 Å². The number of benzene rings is 3. The van der Waals surface area contributed by atoms with Crippen molar-refractivity contribution in [2.24, 2.45) is 0 Å². The van der Waals surface area contributed by atoms with Crippen LogP contribution in [0.1, 0.15) is 38.7 Å². The summed E-state index contributed by atoms with van der Waals surface area (Å²) in [5.41, 5.74) is 4.71. The first-order valence-corrected chi connectivity index (χ1v) is 9.29. The van der Waals surface area contributed by atoms with Gasteiger partial charge < -0.3 is 10.6 Å². The highest BCUT2D eigenvalue weighted by atomic mass is 16.2. The van der Waals surface area contributed by atoms with Gasteiger partial charge in [0.15, 0.2) is 0 Å². The Morgan fingerprint density at radius 3 is 1.89 bits per heavy atom. The summed E-state index contributed by atoms with van der Waals surface area (Å²) >= 11 is 0. The van der Waals surface area contributed by atoms with Crippen LogP contribution in [0.25, 0.3) is 0 Å². The zero-order valence-corrected chi connectivity index (χ0v) is 16.1. The van der Waals surface area contributed by atoms with Crippen LogP contribution in [0.5, 0.6) is 0 Å². The minimum atomic E-state index is -0.270. The normalized spacial score (nSPS) is 10.5. The number of carbonyl (C=O) groups excluding carboxylic acids is 2. The Hall–Kier alpha value is -3.40. The van der Waals surface area contributed by atoms with Gasteiger partial charge in [0.05, 0.1) is 12.6 Å². The van der Waals surface area contributed by atoms with Gasteiger partial charge in [-0.25, -0.2) is 0 Å². The Labute approximate surface area is 165 Å². The summed E-state index contributed by atoms with van der Waals surface area (Å²) in [5.74, 6) is -0.496. The highest BCUT2D eigenvalue weighted by Crippen LogP contribution is 2.21. The summed E-state index contributed by atoms with van der Waals surface area (Å²) in [6.45, 7) is 3.88. The number of rotatable bonds is 6. The van der Waals surface area contributed by atoms with Crippen LogP contribution in [0.2, 0.25) is 0 Å². The molecule has 2 N–H and O–H groups in total. The molecular weight excluding hydrogens is 348 g/mol. The Bertz CT molecular complexity index is 913. The molecule has 0 fully saturated rings. The number of carbonyl (C=O) groups is 2. The highest BCUT2D eigenvalue weighted by Gasteiger charge is 2.17. The monoisotopic (exact) mass is 372 g/mol. The predicted molar refractivity (Wildman–Crippen MR) is 111 cm³/mol. The fourth-order valence-electron chi connectivity index (χ4n) is 3.01. The lowest BCUT2D eigenvalue weighted by Gasteiger charge is -2.20. The van der Waals surface area contributed by atoms with Gasteiger partial charge in [0.1, 0.15) is 0 Å². The van der Waals surface area contributed by atoms with E-state index in [1.807, 2.05) is 86.6 Å². The molecule has 2 amide bonds. The van der Waals surface area contributed by atoms with Gasteiger partial charge in [-0.2, -0.15) is 0 Å². The molecule has 0 aromatic heterocycles. The maximum absolute atomic E-state index is 12.5. The largest absolute Gasteiger partial charge is 0.344 e. The fourth-order valence-corrected chi connectivity index (χ4v) is 3.01. The third-order valence-electron chi connectivity index (χ3n) is 4.75. The molecule has 3 rings (SSSR count). The van der Waals surface area contributed by atoms with Crippen LogP contribution in [0.4, 0.5) is 0 Å². The van der Waals surface area contributed by atoms with Crippen LogP contribution in [-0.4, -0.2) is 18.4 Å². The van der Waals surface area contributed by atoms with Crippen molar-refractivity contribution in [2.75, 3.05) is 6.54 Å². The van der Waals surface area contributed by atoms with Crippen LogP contribution in [0, 0.1) is 13.8 Å². The summed E-state index contributed by atoms with van der Waals surface area (Å²) < 4.78 is 0. The van der Waals surface area contributed by atoms with Crippen molar-refractivity contribution in [3.63, 3.8) is 0 Å². The Morgan fingerprint density at radius 1 is 0.786 bits per heavy atom. The minimum absolute atomic E-state index is 0.0814. The molecule has 0 saturated carbocycles. The van der Waals surface area contributed by atoms with Crippen molar-refractivity contribution in [1.29, 1.82) is 0 Å². The first-order chi connectivity index (χ1) is 13.5. The molecule has 0 aliphatic rings. The van der Waals surface area contributed by atoms with E-state index in [4.69, 9.17) is 0 Å². The molecule has 0 spiro atoms.